The molecule has 0 aliphatic carbocycles. The zero-order valence-electron chi connectivity index (χ0n) is 6.74. The van der Waals surface area contributed by atoms with Crippen molar-refractivity contribution in [2.45, 2.75) is 20.8 Å². The fourth-order valence-corrected chi connectivity index (χ4v) is 0.918. The lowest BCUT2D eigenvalue weighted by Crippen LogP contribution is -1.78. The molecule has 0 aliphatic rings. The topological polar surface area (TPSA) is 0 Å². The maximum absolute atomic E-state index is 3.68. The summed E-state index contributed by atoms with van der Waals surface area (Å²) in [5.74, 6) is 0. The van der Waals surface area contributed by atoms with E-state index < -0.39 is 0 Å². The number of halogens is 1. The van der Waals surface area contributed by atoms with E-state index in [1.54, 1.807) is 0 Å². The minimum Gasteiger partial charge on any atom is -0.0988 e. The molecular weight excluding hydrogens is 188 g/mol. The SMILES string of the molecule is C=C/C(C)=C(Br)\C(C)=C/C. The summed E-state index contributed by atoms with van der Waals surface area (Å²) in [6.45, 7) is 9.80. The first-order valence-corrected chi connectivity index (χ1v) is 4.04. The largest absolute Gasteiger partial charge is 0.0988 e. The van der Waals surface area contributed by atoms with Gasteiger partial charge in [-0.25, -0.2) is 0 Å². The average molecular weight is 201 g/mol. The summed E-state index contributed by atoms with van der Waals surface area (Å²) in [5, 5.41) is 0. The van der Waals surface area contributed by atoms with Gasteiger partial charge in [-0.2, -0.15) is 0 Å². The molecule has 0 aromatic carbocycles. The van der Waals surface area contributed by atoms with Crippen LogP contribution in [0.1, 0.15) is 20.8 Å². The highest BCUT2D eigenvalue weighted by molar-refractivity contribution is 9.12. The molecule has 1 heteroatoms. The molecule has 0 bridgehead atoms. The van der Waals surface area contributed by atoms with Crippen LogP contribution in [0.3, 0.4) is 0 Å². The first kappa shape index (κ1) is 9.70. The summed E-state index contributed by atoms with van der Waals surface area (Å²) < 4.78 is 1.14. The van der Waals surface area contributed by atoms with Crippen LogP contribution in [0.5, 0.6) is 0 Å². The van der Waals surface area contributed by atoms with Crippen molar-refractivity contribution in [3.05, 3.63) is 34.4 Å². The van der Waals surface area contributed by atoms with E-state index in [1.807, 2.05) is 19.9 Å². The standard InChI is InChI=1S/C9H13Br/c1-5-7(3)9(10)8(4)6-2/h5-6H,1H2,2-4H3/b8-6-,9-7+. The molecule has 0 saturated carbocycles. The fraction of sp³-hybridized carbons (Fsp3) is 0.333. The molecule has 0 amide bonds. The summed E-state index contributed by atoms with van der Waals surface area (Å²) >= 11 is 3.47. The van der Waals surface area contributed by atoms with E-state index in [9.17, 15) is 0 Å². The summed E-state index contributed by atoms with van der Waals surface area (Å²) in [7, 11) is 0. The van der Waals surface area contributed by atoms with E-state index in [1.165, 1.54) is 11.1 Å². The van der Waals surface area contributed by atoms with Gasteiger partial charge in [0.05, 0.1) is 0 Å². The number of rotatable bonds is 2. The fourth-order valence-electron chi connectivity index (χ4n) is 0.527. The zero-order valence-corrected chi connectivity index (χ0v) is 8.33. The lowest BCUT2D eigenvalue weighted by Gasteiger charge is -2.00. The predicted octanol–water partition coefficient (Wildman–Crippen LogP) is 3.81. The Hall–Kier alpha value is -0.300. The Morgan fingerprint density at radius 2 is 1.90 bits per heavy atom. The number of hydrogen-bond acceptors (Lipinski definition) is 0. The maximum atomic E-state index is 3.68. The third kappa shape index (κ3) is 2.53. The average Bonchev–Trinajstić information content (AvgIpc) is 2.00. The predicted molar refractivity (Wildman–Crippen MR) is 51.3 cm³/mol. The van der Waals surface area contributed by atoms with Crippen molar-refractivity contribution >= 4 is 15.9 Å². The second kappa shape index (κ2) is 4.51. The van der Waals surface area contributed by atoms with Gasteiger partial charge in [-0.15, -0.1) is 0 Å². The minimum atomic E-state index is 1.14. The van der Waals surface area contributed by atoms with Gasteiger partial charge in [-0.05, 0) is 31.9 Å². The molecule has 0 fully saturated rings. The van der Waals surface area contributed by atoms with Crippen LogP contribution < -0.4 is 0 Å². The Bertz CT molecular complexity index is 185. The normalized spacial score (nSPS) is 14.6. The van der Waals surface area contributed by atoms with E-state index in [2.05, 4.69) is 35.5 Å². The quantitative estimate of drug-likeness (QED) is 0.596. The molecule has 0 N–H and O–H groups in total. The molecule has 0 rings (SSSR count). The van der Waals surface area contributed by atoms with Gasteiger partial charge >= 0.3 is 0 Å². The second-order valence-electron chi connectivity index (χ2n) is 2.17. The van der Waals surface area contributed by atoms with Gasteiger partial charge in [0.1, 0.15) is 0 Å². The van der Waals surface area contributed by atoms with E-state index in [-0.39, 0.29) is 0 Å². The monoisotopic (exact) mass is 200 g/mol. The van der Waals surface area contributed by atoms with E-state index in [0.717, 1.165) is 4.48 Å². The molecule has 56 valence electrons. The Balaban J connectivity index is 4.63. The van der Waals surface area contributed by atoms with Crippen LogP contribution in [0, 0.1) is 0 Å². The van der Waals surface area contributed by atoms with Crippen molar-refractivity contribution in [3.8, 4) is 0 Å². The summed E-state index contributed by atoms with van der Waals surface area (Å²) in [5.41, 5.74) is 2.42. The van der Waals surface area contributed by atoms with Crippen molar-refractivity contribution in [2.24, 2.45) is 0 Å². The molecule has 0 radical (unpaired) electrons. The van der Waals surface area contributed by atoms with Gasteiger partial charge in [-0.3, -0.25) is 0 Å². The van der Waals surface area contributed by atoms with Crippen LogP contribution in [-0.2, 0) is 0 Å². The smallest absolute Gasteiger partial charge is 0.0230 e. The molecular formula is C9H13Br. The Morgan fingerprint density at radius 1 is 1.40 bits per heavy atom. The molecule has 0 saturated heterocycles. The van der Waals surface area contributed by atoms with Crippen molar-refractivity contribution in [1.82, 2.24) is 0 Å². The Kier molecular flexibility index (Phi) is 4.37. The molecule has 0 aromatic rings. The van der Waals surface area contributed by atoms with Crippen molar-refractivity contribution in [2.75, 3.05) is 0 Å². The Labute approximate surface area is 71.5 Å². The van der Waals surface area contributed by atoms with E-state index in [0.29, 0.717) is 0 Å². The van der Waals surface area contributed by atoms with Crippen LogP contribution in [0.25, 0.3) is 0 Å². The highest BCUT2D eigenvalue weighted by Crippen LogP contribution is 2.20. The first-order valence-electron chi connectivity index (χ1n) is 3.25. The zero-order chi connectivity index (χ0) is 8.15. The van der Waals surface area contributed by atoms with Gasteiger partial charge in [0, 0.05) is 4.48 Å². The number of allylic oxidation sites excluding steroid dienone is 5. The molecule has 0 nitrogen and oxygen atoms in total. The van der Waals surface area contributed by atoms with Crippen LogP contribution in [0.2, 0.25) is 0 Å². The van der Waals surface area contributed by atoms with Gasteiger partial charge < -0.3 is 0 Å². The molecule has 0 unspecified atom stereocenters. The van der Waals surface area contributed by atoms with Crippen LogP contribution in [-0.4, -0.2) is 0 Å². The van der Waals surface area contributed by atoms with Gasteiger partial charge in [-0.1, -0.05) is 34.7 Å². The lowest BCUT2D eigenvalue weighted by atomic mass is 10.2. The first-order chi connectivity index (χ1) is 4.63. The van der Waals surface area contributed by atoms with Crippen LogP contribution in [0.15, 0.2) is 34.4 Å². The van der Waals surface area contributed by atoms with Gasteiger partial charge in [0.2, 0.25) is 0 Å². The highest BCUT2D eigenvalue weighted by Gasteiger charge is 1.95. The Morgan fingerprint density at radius 3 is 2.20 bits per heavy atom. The van der Waals surface area contributed by atoms with E-state index >= 15 is 0 Å². The van der Waals surface area contributed by atoms with Crippen molar-refractivity contribution in [1.29, 1.82) is 0 Å². The molecule has 0 atom stereocenters. The third-order valence-electron chi connectivity index (χ3n) is 1.43. The molecule has 0 aromatic heterocycles. The summed E-state index contributed by atoms with van der Waals surface area (Å²) in [6.07, 6.45) is 3.91. The van der Waals surface area contributed by atoms with Crippen molar-refractivity contribution in [3.63, 3.8) is 0 Å². The lowest BCUT2D eigenvalue weighted by molar-refractivity contribution is 1.40. The molecule has 0 spiro atoms. The van der Waals surface area contributed by atoms with Crippen molar-refractivity contribution < 1.29 is 0 Å². The molecule has 0 heterocycles. The maximum Gasteiger partial charge on any atom is 0.0230 e. The highest BCUT2D eigenvalue weighted by atomic mass is 79.9. The minimum absolute atomic E-state index is 1.14. The third-order valence-corrected chi connectivity index (χ3v) is 2.68. The van der Waals surface area contributed by atoms with Crippen LogP contribution >= 0.6 is 15.9 Å². The molecule has 0 aliphatic heterocycles. The summed E-state index contributed by atoms with van der Waals surface area (Å²) in [6, 6.07) is 0. The second-order valence-corrected chi connectivity index (χ2v) is 2.97. The molecule has 10 heavy (non-hydrogen) atoms. The summed E-state index contributed by atoms with van der Waals surface area (Å²) in [4.78, 5) is 0. The van der Waals surface area contributed by atoms with E-state index in [4.69, 9.17) is 0 Å². The number of hydrogen-bond donors (Lipinski definition) is 0. The van der Waals surface area contributed by atoms with Gasteiger partial charge in [0.15, 0.2) is 0 Å². The van der Waals surface area contributed by atoms with Crippen LogP contribution in [0.4, 0.5) is 0 Å². The van der Waals surface area contributed by atoms with Gasteiger partial charge in [0.25, 0.3) is 0 Å².